The monoisotopic (exact) mass is 283 g/mol. The van der Waals surface area contributed by atoms with Crippen molar-refractivity contribution in [3.05, 3.63) is 23.0 Å². The quantitative estimate of drug-likeness (QED) is 0.869. The molecule has 0 amide bonds. The van der Waals surface area contributed by atoms with Gasteiger partial charge in [0.1, 0.15) is 11.9 Å². The maximum atomic E-state index is 5.99. The number of nitrogen functional groups attached to an aromatic ring is 1. The molecule has 1 unspecified atom stereocenters. The molecular weight excluding hydrogens is 270 g/mol. The molecule has 2 rings (SSSR count). The predicted molar refractivity (Wildman–Crippen MR) is 71.1 cm³/mol. The Morgan fingerprint density at radius 3 is 2.74 bits per heavy atom. The van der Waals surface area contributed by atoms with Crippen LogP contribution in [0.1, 0.15) is 18.9 Å². The van der Waals surface area contributed by atoms with Gasteiger partial charge in [-0.2, -0.15) is 4.98 Å². The van der Waals surface area contributed by atoms with Crippen molar-refractivity contribution in [3.8, 4) is 17.2 Å². The summed E-state index contributed by atoms with van der Waals surface area (Å²) in [6.07, 6.45) is -0.257. The fraction of sp³-hybridized carbons (Fsp3) is 0.333. The Bertz CT molecular complexity index is 586. The van der Waals surface area contributed by atoms with E-state index in [0.717, 1.165) is 0 Å². The summed E-state index contributed by atoms with van der Waals surface area (Å²) < 4.78 is 15.5. The van der Waals surface area contributed by atoms with Crippen molar-refractivity contribution in [1.29, 1.82) is 0 Å². The molecule has 2 aromatic rings. The summed E-state index contributed by atoms with van der Waals surface area (Å²) in [7, 11) is 3.10. The molecule has 0 fully saturated rings. The van der Waals surface area contributed by atoms with Crippen molar-refractivity contribution in [2.75, 3.05) is 20.0 Å². The van der Waals surface area contributed by atoms with Crippen molar-refractivity contribution in [3.63, 3.8) is 0 Å². The molecule has 0 radical (unpaired) electrons. The smallest absolute Gasteiger partial charge is 0.261 e. The van der Waals surface area contributed by atoms with E-state index in [9.17, 15) is 0 Å². The molecule has 0 aliphatic heterocycles. The maximum absolute atomic E-state index is 5.99. The molecule has 0 aliphatic rings. The summed E-state index contributed by atoms with van der Waals surface area (Å²) in [6, 6.07) is 3.24. The molecule has 2 N–H and O–H groups in total. The Balaban J connectivity index is 2.46. The van der Waals surface area contributed by atoms with E-state index in [1.54, 1.807) is 19.2 Å². The van der Waals surface area contributed by atoms with Crippen LogP contribution in [-0.4, -0.2) is 24.4 Å². The first-order valence-electron chi connectivity index (χ1n) is 5.56. The van der Waals surface area contributed by atoms with E-state index >= 15 is 0 Å². The van der Waals surface area contributed by atoms with Crippen LogP contribution < -0.4 is 10.5 Å². The van der Waals surface area contributed by atoms with Gasteiger partial charge in [0.05, 0.1) is 23.4 Å². The average Bonchev–Trinajstić information content (AvgIpc) is 2.90. The molecular formula is C12H14ClN3O3. The van der Waals surface area contributed by atoms with Crippen molar-refractivity contribution in [1.82, 2.24) is 10.1 Å². The van der Waals surface area contributed by atoms with Crippen LogP contribution in [0.4, 0.5) is 5.69 Å². The molecule has 1 aromatic heterocycles. The van der Waals surface area contributed by atoms with Gasteiger partial charge in [-0.15, -0.1) is 0 Å². The van der Waals surface area contributed by atoms with Gasteiger partial charge in [0, 0.05) is 13.2 Å². The fourth-order valence-electron chi connectivity index (χ4n) is 1.52. The number of halogens is 1. The lowest BCUT2D eigenvalue weighted by molar-refractivity contribution is 0.109. The molecule has 1 heterocycles. The summed E-state index contributed by atoms with van der Waals surface area (Å²) >= 11 is 5.99. The third kappa shape index (κ3) is 2.64. The standard InChI is InChI=1S/C12H14ClN3O3/c1-6(17-2)11-15-12(19-16-11)7-4-8(13)9(14)5-10(7)18-3/h4-6H,14H2,1-3H3. The number of anilines is 1. The van der Waals surface area contributed by atoms with Crippen LogP contribution in [-0.2, 0) is 4.74 Å². The highest BCUT2D eigenvalue weighted by atomic mass is 35.5. The van der Waals surface area contributed by atoms with Crippen LogP contribution in [0.25, 0.3) is 11.5 Å². The van der Waals surface area contributed by atoms with Crippen molar-refractivity contribution in [2.24, 2.45) is 0 Å². The van der Waals surface area contributed by atoms with Gasteiger partial charge in [-0.05, 0) is 13.0 Å². The first kappa shape index (κ1) is 13.6. The second-order valence-corrected chi connectivity index (χ2v) is 4.32. The fourth-order valence-corrected chi connectivity index (χ4v) is 1.68. The minimum Gasteiger partial charge on any atom is -0.496 e. The summed E-state index contributed by atoms with van der Waals surface area (Å²) in [6.45, 7) is 1.82. The maximum Gasteiger partial charge on any atom is 0.261 e. The number of aromatic nitrogens is 2. The van der Waals surface area contributed by atoms with Crippen LogP contribution in [0.3, 0.4) is 0 Å². The molecule has 102 valence electrons. The number of benzene rings is 1. The highest BCUT2D eigenvalue weighted by molar-refractivity contribution is 6.33. The zero-order valence-corrected chi connectivity index (χ0v) is 11.6. The van der Waals surface area contributed by atoms with Crippen LogP contribution in [0.5, 0.6) is 5.75 Å². The SMILES string of the molecule is COc1cc(N)c(Cl)cc1-c1nc(C(C)OC)no1. The van der Waals surface area contributed by atoms with Gasteiger partial charge in [-0.1, -0.05) is 16.8 Å². The molecule has 1 atom stereocenters. The van der Waals surface area contributed by atoms with E-state index in [1.165, 1.54) is 7.11 Å². The van der Waals surface area contributed by atoms with E-state index in [2.05, 4.69) is 10.1 Å². The predicted octanol–water partition coefficient (Wildman–Crippen LogP) is 2.69. The second-order valence-electron chi connectivity index (χ2n) is 3.91. The third-order valence-electron chi connectivity index (χ3n) is 2.71. The minimum atomic E-state index is -0.257. The summed E-state index contributed by atoms with van der Waals surface area (Å²) in [5, 5.41) is 4.25. The lowest BCUT2D eigenvalue weighted by atomic mass is 10.2. The molecule has 0 aliphatic carbocycles. The number of hydrogen-bond donors (Lipinski definition) is 1. The van der Waals surface area contributed by atoms with Gasteiger partial charge in [0.2, 0.25) is 5.82 Å². The second kappa shape index (κ2) is 5.46. The minimum absolute atomic E-state index is 0.257. The van der Waals surface area contributed by atoms with Crippen LogP contribution in [0, 0.1) is 0 Å². The summed E-state index contributed by atoms with van der Waals surface area (Å²) in [5.74, 6) is 1.27. The molecule has 0 saturated carbocycles. The molecule has 7 heteroatoms. The molecule has 1 aromatic carbocycles. The number of methoxy groups -OCH3 is 2. The summed E-state index contributed by atoms with van der Waals surface area (Å²) in [4.78, 5) is 4.25. The van der Waals surface area contributed by atoms with Gasteiger partial charge >= 0.3 is 0 Å². The number of rotatable bonds is 4. The lowest BCUT2D eigenvalue weighted by Crippen LogP contribution is -1.98. The highest BCUT2D eigenvalue weighted by Crippen LogP contribution is 2.35. The lowest BCUT2D eigenvalue weighted by Gasteiger charge is -2.07. The van der Waals surface area contributed by atoms with Gasteiger partial charge in [0.15, 0.2) is 0 Å². The Labute approximate surface area is 115 Å². The Kier molecular flexibility index (Phi) is 3.92. The largest absolute Gasteiger partial charge is 0.496 e. The Hall–Kier alpha value is -1.79. The molecule has 19 heavy (non-hydrogen) atoms. The average molecular weight is 284 g/mol. The highest BCUT2D eigenvalue weighted by Gasteiger charge is 2.18. The number of hydrogen-bond acceptors (Lipinski definition) is 6. The van der Waals surface area contributed by atoms with Crippen LogP contribution >= 0.6 is 11.6 Å². The molecule has 0 saturated heterocycles. The summed E-state index contributed by atoms with van der Waals surface area (Å²) in [5.41, 5.74) is 6.73. The van der Waals surface area contributed by atoms with Gasteiger partial charge in [-0.25, -0.2) is 0 Å². The third-order valence-corrected chi connectivity index (χ3v) is 3.04. The van der Waals surface area contributed by atoms with Crippen molar-refractivity contribution >= 4 is 17.3 Å². The number of ether oxygens (including phenoxy) is 2. The Morgan fingerprint density at radius 1 is 1.37 bits per heavy atom. The van der Waals surface area contributed by atoms with Crippen LogP contribution in [0.15, 0.2) is 16.7 Å². The molecule has 0 spiro atoms. The van der Waals surface area contributed by atoms with E-state index in [0.29, 0.717) is 33.7 Å². The first-order valence-corrected chi connectivity index (χ1v) is 5.94. The molecule has 6 nitrogen and oxygen atoms in total. The van der Waals surface area contributed by atoms with Gasteiger partial charge in [-0.3, -0.25) is 0 Å². The van der Waals surface area contributed by atoms with Gasteiger partial charge in [0.25, 0.3) is 5.89 Å². The van der Waals surface area contributed by atoms with E-state index < -0.39 is 0 Å². The zero-order chi connectivity index (χ0) is 14.0. The van der Waals surface area contributed by atoms with Gasteiger partial charge < -0.3 is 19.7 Å². The van der Waals surface area contributed by atoms with Crippen molar-refractivity contribution < 1.29 is 14.0 Å². The van der Waals surface area contributed by atoms with E-state index in [1.807, 2.05) is 6.92 Å². The number of nitrogens with two attached hydrogens (primary N) is 1. The van der Waals surface area contributed by atoms with Crippen molar-refractivity contribution in [2.45, 2.75) is 13.0 Å². The topological polar surface area (TPSA) is 83.4 Å². The normalized spacial score (nSPS) is 12.4. The molecule has 0 bridgehead atoms. The first-order chi connectivity index (χ1) is 9.06. The number of nitrogens with zero attached hydrogens (tertiary/aromatic N) is 2. The zero-order valence-electron chi connectivity index (χ0n) is 10.8. The van der Waals surface area contributed by atoms with E-state index in [4.69, 9.17) is 31.3 Å². The van der Waals surface area contributed by atoms with Crippen LogP contribution in [0.2, 0.25) is 5.02 Å². The Morgan fingerprint density at radius 2 is 2.11 bits per heavy atom. The van der Waals surface area contributed by atoms with E-state index in [-0.39, 0.29) is 6.10 Å².